The fourth-order valence-electron chi connectivity index (χ4n) is 3.69. The number of esters is 1. The van der Waals surface area contributed by atoms with Crippen LogP contribution in [-0.2, 0) is 9.53 Å². The predicted molar refractivity (Wildman–Crippen MR) is 102 cm³/mol. The summed E-state index contributed by atoms with van der Waals surface area (Å²) in [4.78, 5) is 48.8. The number of amides is 3. The third-order valence-electron chi connectivity index (χ3n) is 5.02. The molecule has 2 aromatic heterocycles. The molecule has 4 heterocycles. The Morgan fingerprint density at radius 1 is 1.17 bits per heavy atom. The number of nitrogens with two attached hydrogens (primary N) is 1. The second kappa shape index (κ2) is 8.23. The van der Waals surface area contributed by atoms with Gasteiger partial charge in [0.1, 0.15) is 12.4 Å². The van der Waals surface area contributed by atoms with E-state index in [1.807, 2.05) is 0 Å². The number of hydrogen-bond donors (Lipinski definition) is 1. The summed E-state index contributed by atoms with van der Waals surface area (Å²) in [5.41, 5.74) is 6.54. The highest BCUT2D eigenvalue weighted by Crippen LogP contribution is 2.33. The molecule has 0 aromatic carbocycles. The van der Waals surface area contributed by atoms with Crippen molar-refractivity contribution in [1.29, 1.82) is 0 Å². The molecular weight excluding hydrogens is 390 g/mol. The Morgan fingerprint density at radius 3 is 2.73 bits per heavy atom. The van der Waals surface area contributed by atoms with E-state index in [9.17, 15) is 14.4 Å². The van der Waals surface area contributed by atoms with Gasteiger partial charge in [0.2, 0.25) is 0 Å². The highest BCUT2D eigenvalue weighted by molar-refractivity contribution is 6.00. The van der Waals surface area contributed by atoms with E-state index in [0.29, 0.717) is 31.5 Å². The third-order valence-corrected chi connectivity index (χ3v) is 5.02. The van der Waals surface area contributed by atoms with Crippen LogP contribution in [0.1, 0.15) is 35.3 Å². The quantitative estimate of drug-likeness (QED) is 0.724. The van der Waals surface area contributed by atoms with E-state index in [1.54, 1.807) is 6.07 Å². The molecule has 2 aromatic rings. The van der Waals surface area contributed by atoms with Crippen molar-refractivity contribution in [2.45, 2.75) is 31.5 Å². The summed E-state index contributed by atoms with van der Waals surface area (Å²) in [7, 11) is 0. The van der Waals surface area contributed by atoms with Gasteiger partial charge in [-0.15, -0.1) is 0 Å². The summed E-state index contributed by atoms with van der Waals surface area (Å²) in [6, 6.07) is 2.27. The van der Waals surface area contributed by atoms with Crippen molar-refractivity contribution in [1.82, 2.24) is 30.0 Å². The van der Waals surface area contributed by atoms with Crippen molar-refractivity contribution in [3.63, 3.8) is 0 Å². The van der Waals surface area contributed by atoms with E-state index >= 15 is 0 Å². The van der Waals surface area contributed by atoms with Crippen LogP contribution in [0.3, 0.4) is 0 Å². The van der Waals surface area contributed by atoms with E-state index in [-0.39, 0.29) is 17.2 Å². The Morgan fingerprint density at radius 2 is 2.03 bits per heavy atom. The molecule has 0 radical (unpaired) electrons. The Hall–Kier alpha value is -3.89. The van der Waals surface area contributed by atoms with Gasteiger partial charge in [-0.05, 0) is 31.4 Å². The molecule has 0 bridgehead atoms. The maximum Gasteiger partial charge on any atom is 0.340 e. The first kappa shape index (κ1) is 19.4. The molecule has 1 saturated heterocycles. The molecule has 4 rings (SSSR count). The molecule has 3 amide bonds. The lowest BCUT2D eigenvalue weighted by Crippen LogP contribution is -2.61. The maximum absolute atomic E-state index is 12.9. The first-order chi connectivity index (χ1) is 14.6. The first-order valence-electron chi connectivity index (χ1n) is 9.41. The molecule has 154 valence electrons. The molecule has 0 saturated carbocycles. The number of nitrogens with zero attached hydrogens (tertiary/aromatic N) is 6. The number of primary amides is 1. The fourth-order valence-corrected chi connectivity index (χ4v) is 3.69. The lowest BCUT2D eigenvalue weighted by atomic mass is 10.1. The summed E-state index contributed by atoms with van der Waals surface area (Å²) < 4.78 is 5.73. The second-order valence-electron chi connectivity index (χ2n) is 6.85. The number of aromatic nitrogens is 4. The summed E-state index contributed by atoms with van der Waals surface area (Å²) >= 11 is 0. The largest absolute Gasteiger partial charge is 0.455 e. The van der Waals surface area contributed by atoms with Crippen LogP contribution in [0.5, 0.6) is 0 Å². The van der Waals surface area contributed by atoms with Gasteiger partial charge in [0.05, 0.1) is 29.3 Å². The standard InChI is InChI=1S/C19H19N7O4/c20-19(29)26-14(13-5-6-21-11-22-13)9-16(27)25-8-2-1-3-15(17(25)26)30-18(28)12-4-7-23-24-10-12/h4-7,9-11,15,17H,1-3,8H2,(H2,20,29). The summed E-state index contributed by atoms with van der Waals surface area (Å²) in [5, 5.41) is 7.33. The topological polar surface area (TPSA) is 144 Å². The van der Waals surface area contributed by atoms with Gasteiger partial charge in [-0.25, -0.2) is 19.6 Å². The van der Waals surface area contributed by atoms with Crippen molar-refractivity contribution >= 4 is 23.6 Å². The third kappa shape index (κ3) is 3.69. The lowest BCUT2D eigenvalue weighted by Gasteiger charge is -2.44. The minimum atomic E-state index is -0.883. The lowest BCUT2D eigenvalue weighted by molar-refractivity contribution is -0.135. The SMILES string of the molecule is NC(=O)N1C(c2ccncn2)=CC(=O)N2CCCCC(OC(=O)c3ccnnc3)C21. The van der Waals surface area contributed by atoms with Crippen molar-refractivity contribution in [3.8, 4) is 0 Å². The number of fused-ring (bicyclic) bond motifs is 1. The molecule has 2 N–H and O–H groups in total. The minimum absolute atomic E-state index is 0.222. The summed E-state index contributed by atoms with van der Waals surface area (Å²) in [5.74, 6) is -0.925. The Bertz CT molecular complexity index is 983. The summed E-state index contributed by atoms with van der Waals surface area (Å²) in [6.45, 7) is 0.408. The first-order valence-corrected chi connectivity index (χ1v) is 9.41. The molecule has 30 heavy (non-hydrogen) atoms. The predicted octanol–water partition coefficient (Wildman–Crippen LogP) is 0.566. The molecule has 11 heteroatoms. The highest BCUT2D eigenvalue weighted by Gasteiger charge is 2.45. The van der Waals surface area contributed by atoms with Crippen LogP contribution in [0.2, 0.25) is 0 Å². The Labute approximate surface area is 171 Å². The number of rotatable bonds is 3. The monoisotopic (exact) mass is 409 g/mol. The smallest absolute Gasteiger partial charge is 0.340 e. The second-order valence-corrected chi connectivity index (χ2v) is 6.85. The van der Waals surface area contributed by atoms with Crippen molar-refractivity contribution in [2.75, 3.05) is 6.54 Å². The number of ether oxygens (including phenoxy) is 1. The molecule has 0 aliphatic carbocycles. The normalized spacial score (nSPS) is 21.3. The molecule has 2 aliphatic heterocycles. The van der Waals surface area contributed by atoms with Gasteiger partial charge in [0.15, 0.2) is 6.17 Å². The average molecular weight is 409 g/mol. The van der Waals surface area contributed by atoms with Gasteiger partial charge in [-0.3, -0.25) is 9.69 Å². The van der Waals surface area contributed by atoms with E-state index < -0.39 is 24.3 Å². The van der Waals surface area contributed by atoms with Crippen LogP contribution in [-0.4, -0.2) is 66.7 Å². The van der Waals surface area contributed by atoms with Gasteiger partial charge < -0.3 is 15.4 Å². The highest BCUT2D eigenvalue weighted by atomic mass is 16.5. The summed E-state index contributed by atoms with van der Waals surface area (Å²) in [6.07, 6.45) is 7.01. The van der Waals surface area contributed by atoms with Crippen molar-refractivity contribution in [2.24, 2.45) is 5.73 Å². The van der Waals surface area contributed by atoms with Gasteiger partial charge in [0.25, 0.3) is 5.91 Å². The van der Waals surface area contributed by atoms with Crippen LogP contribution in [0.4, 0.5) is 4.79 Å². The van der Waals surface area contributed by atoms with Crippen molar-refractivity contribution < 1.29 is 19.1 Å². The zero-order valence-electron chi connectivity index (χ0n) is 15.9. The van der Waals surface area contributed by atoms with Gasteiger partial charge >= 0.3 is 12.0 Å². The molecule has 2 unspecified atom stereocenters. The van der Waals surface area contributed by atoms with Crippen LogP contribution >= 0.6 is 0 Å². The minimum Gasteiger partial charge on any atom is -0.455 e. The number of hydrogen-bond acceptors (Lipinski definition) is 8. The van der Waals surface area contributed by atoms with Gasteiger partial charge in [0, 0.05) is 18.8 Å². The van der Waals surface area contributed by atoms with E-state index in [0.717, 1.165) is 0 Å². The molecule has 11 nitrogen and oxygen atoms in total. The van der Waals surface area contributed by atoms with Gasteiger partial charge in [-0.1, -0.05) is 0 Å². The van der Waals surface area contributed by atoms with Crippen molar-refractivity contribution in [3.05, 3.63) is 54.4 Å². The Kier molecular flexibility index (Phi) is 5.33. The van der Waals surface area contributed by atoms with E-state index in [1.165, 1.54) is 46.9 Å². The Balaban J connectivity index is 1.72. The zero-order valence-corrected chi connectivity index (χ0v) is 15.9. The number of urea groups is 1. The van der Waals surface area contributed by atoms with E-state index in [2.05, 4.69) is 20.2 Å². The molecule has 2 atom stereocenters. The van der Waals surface area contributed by atoms with Crippen LogP contribution in [0, 0.1) is 0 Å². The van der Waals surface area contributed by atoms with Crippen LogP contribution in [0.15, 0.2) is 43.1 Å². The molecule has 2 aliphatic rings. The van der Waals surface area contributed by atoms with E-state index in [4.69, 9.17) is 10.5 Å². The van der Waals surface area contributed by atoms with Gasteiger partial charge in [-0.2, -0.15) is 10.2 Å². The number of carbonyl (C=O) groups is 3. The molecule has 0 spiro atoms. The molecular formula is C19H19N7O4. The molecule has 1 fully saturated rings. The zero-order chi connectivity index (χ0) is 21.1. The number of carbonyl (C=O) groups excluding carboxylic acids is 3. The fraction of sp³-hybridized carbons (Fsp3) is 0.316. The van der Waals surface area contributed by atoms with Crippen LogP contribution < -0.4 is 5.73 Å². The average Bonchev–Trinajstić information content (AvgIpc) is 2.97. The van der Waals surface area contributed by atoms with Crippen LogP contribution in [0.25, 0.3) is 5.70 Å². The maximum atomic E-state index is 12.9.